The fourth-order valence-electron chi connectivity index (χ4n) is 1.79. The Hall–Kier alpha value is -2.50. The zero-order valence-electron chi connectivity index (χ0n) is 8.62. The molecule has 0 aliphatic heterocycles. The first-order valence-electron chi connectivity index (χ1n) is 4.64. The standard InChI is InChI=1S/C10H14N6/c11-3-1-5(13)9(15)8-4(12)2-6(14)10(16)7(3)8/h1-2H,11-16H2. The Bertz CT molecular complexity index is 537. The van der Waals surface area contributed by atoms with E-state index in [1.807, 2.05) is 0 Å². The van der Waals surface area contributed by atoms with Gasteiger partial charge in [0.1, 0.15) is 0 Å². The zero-order valence-corrected chi connectivity index (χ0v) is 8.62. The highest BCUT2D eigenvalue weighted by atomic mass is 14.7. The molecule has 0 saturated carbocycles. The lowest BCUT2D eigenvalue weighted by molar-refractivity contribution is 1.66. The number of anilines is 6. The summed E-state index contributed by atoms with van der Waals surface area (Å²) in [7, 11) is 0. The second kappa shape index (κ2) is 2.99. The lowest BCUT2D eigenvalue weighted by Gasteiger charge is -2.14. The molecule has 0 amide bonds. The van der Waals surface area contributed by atoms with Crippen LogP contribution in [0.1, 0.15) is 0 Å². The molecule has 84 valence electrons. The SMILES string of the molecule is Nc1cc(N)c2c(N)c(N)cc(N)c2c1N. The predicted molar refractivity (Wildman–Crippen MR) is 70.4 cm³/mol. The smallest absolute Gasteiger partial charge is 0.0650 e. The highest BCUT2D eigenvalue weighted by Gasteiger charge is 2.13. The van der Waals surface area contributed by atoms with E-state index in [1.54, 1.807) is 12.1 Å². The van der Waals surface area contributed by atoms with Crippen molar-refractivity contribution < 1.29 is 0 Å². The Balaban J connectivity index is 3.11. The summed E-state index contributed by atoms with van der Waals surface area (Å²) < 4.78 is 0. The lowest BCUT2D eigenvalue weighted by Crippen LogP contribution is -2.05. The molecule has 0 atom stereocenters. The van der Waals surface area contributed by atoms with Gasteiger partial charge < -0.3 is 34.4 Å². The van der Waals surface area contributed by atoms with Crippen LogP contribution in [0, 0.1) is 0 Å². The minimum absolute atomic E-state index is 0.369. The molecule has 0 unspecified atom stereocenters. The molecule has 0 spiro atoms. The third kappa shape index (κ3) is 1.13. The van der Waals surface area contributed by atoms with Gasteiger partial charge in [-0.05, 0) is 12.1 Å². The zero-order chi connectivity index (χ0) is 12.0. The Morgan fingerprint density at radius 1 is 0.500 bits per heavy atom. The molecule has 0 fully saturated rings. The average molecular weight is 218 g/mol. The summed E-state index contributed by atoms with van der Waals surface area (Å²) >= 11 is 0. The van der Waals surface area contributed by atoms with Gasteiger partial charge in [-0.2, -0.15) is 0 Å². The molecule has 6 nitrogen and oxygen atoms in total. The fraction of sp³-hybridized carbons (Fsp3) is 0. The molecular formula is C10H14N6. The van der Waals surface area contributed by atoms with Gasteiger partial charge in [0.2, 0.25) is 0 Å². The quantitative estimate of drug-likeness (QED) is 0.350. The van der Waals surface area contributed by atoms with E-state index < -0.39 is 0 Å². The number of rotatable bonds is 0. The van der Waals surface area contributed by atoms with Crippen LogP contribution in [0.5, 0.6) is 0 Å². The maximum atomic E-state index is 5.85. The van der Waals surface area contributed by atoms with Crippen LogP contribution in [-0.4, -0.2) is 0 Å². The van der Waals surface area contributed by atoms with E-state index in [0.717, 1.165) is 0 Å². The molecule has 2 aromatic carbocycles. The van der Waals surface area contributed by atoms with Crippen LogP contribution < -0.4 is 34.4 Å². The Morgan fingerprint density at radius 3 is 1.12 bits per heavy atom. The van der Waals surface area contributed by atoms with Crippen molar-refractivity contribution in [1.82, 2.24) is 0 Å². The number of nitrogen functional groups attached to an aromatic ring is 6. The maximum absolute atomic E-state index is 5.85. The van der Waals surface area contributed by atoms with Gasteiger partial charge in [-0.25, -0.2) is 0 Å². The van der Waals surface area contributed by atoms with Gasteiger partial charge in [-0.3, -0.25) is 0 Å². The van der Waals surface area contributed by atoms with E-state index >= 15 is 0 Å². The third-order valence-electron chi connectivity index (χ3n) is 2.61. The Kier molecular flexibility index (Phi) is 1.88. The van der Waals surface area contributed by atoms with Crippen molar-refractivity contribution in [2.75, 3.05) is 34.4 Å². The van der Waals surface area contributed by atoms with Gasteiger partial charge in [0.05, 0.1) is 22.7 Å². The Morgan fingerprint density at radius 2 is 0.812 bits per heavy atom. The summed E-state index contributed by atoms with van der Waals surface area (Å²) in [6.45, 7) is 0. The number of hydrogen-bond acceptors (Lipinski definition) is 6. The van der Waals surface area contributed by atoms with E-state index in [1.165, 1.54) is 0 Å². The first-order chi connectivity index (χ1) is 7.43. The molecule has 0 radical (unpaired) electrons. The summed E-state index contributed by atoms with van der Waals surface area (Å²) in [6, 6.07) is 3.10. The molecule has 0 bridgehead atoms. The van der Waals surface area contributed by atoms with Crippen LogP contribution in [0.2, 0.25) is 0 Å². The van der Waals surface area contributed by atoms with Crippen molar-refractivity contribution >= 4 is 44.9 Å². The van der Waals surface area contributed by atoms with Crippen molar-refractivity contribution in [2.45, 2.75) is 0 Å². The number of nitrogens with two attached hydrogens (primary N) is 6. The van der Waals surface area contributed by atoms with Crippen LogP contribution in [0.25, 0.3) is 10.8 Å². The minimum Gasteiger partial charge on any atom is -0.398 e. The molecule has 2 rings (SSSR count). The second-order valence-corrected chi connectivity index (χ2v) is 3.69. The number of benzene rings is 2. The largest absolute Gasteiger partial charge is 0.398 e. The van der Waals surface area contributed by atoms with Gasteiger partial charge in [-0.1, -0.05) is 0 Å². The van der Waals surface area contributed by atoms with Crippen molar-refractivity contribution in [3.05, 3.63) is 12.1 Å². The average Bonchev–Trinajstić information content (AvgIpc) is 2.20. The van der Waals surface area contributed by atoms with E-state index in [2.05, 4.69) is 0 Å². The van der Waals surface area contributed by atoms with Crippen molar-refractivity contribution in [3.63, 3.8) is 0 Å². The first kappa shape index (κ1) is 10.0. The van der Waals surface area contributed by atoms with E-state index in [-0.39, 0.29) is 0 Å². The molecule has 0 aliphatic rings. The minimum atomic E-state index is 0.369. The topological polar surface area (TPSA) is 156 Å². The van der Waals surface area contributed by atoms with E-state index in [9.17, 15) is 0 Å². The molecule has 2 aromatic rings. The van der Waals surface area contributed by atoms with Crippen LogP contribution in [-0.2, 0) is 0 Å². The first-order valence-corrected chi connectivity index (χ1v) is 4.64. The molecule has 0 heterocycles. The van der Waals surface area contributed by atoms with Gasteiger partial charge in [0, 0.05) is 22.1 Å². The van der Waals surface area contributed by atoms with Crippen LogP contribution >= 0.6 is 0 Å². The molecule has 0 aromatic heterocycles. The number of fused-ring (bicyclic) bond motifs is 1. The maximum Gasteiger partial charge on any atom is 0.0650 e. The summed E-state index contributed by atoms with van der Waals surface area (Å²) in [5, 5.41) is 1.12. The highest BCUT2D eigenvalue weighted by Crippen LogP contribution is 2.41. The predicted octanol–water partition coefficient (Wildman–Crippen LogP) is 0.333. The molecular weight excluding hydrogens is 204 g/mol. The van der Waals surface area contributed by atoms with Gasteiger partial charge in [0.25, 0.3) is 0 Å². The van der Waals surface area contributed by atoms with Crippen molar-refractivity contribution in [3.8, 4) is 0 Å². The van der Waals surface area contributed by atoms with Crippen LogP contribution in [0.3, 0.4) is 0 Å². The lowest BCUT2D eigenvalue weighted by atomic mass is 10.0. The summed E-state index contributed by atoms with van der Waals surface area (Å²) in [5.74, 6) is 0. The summed E-state index contributed by atoms with van der Waals surface area (Å²) in [6.07, 6.45) is 0. The second-order valence-electron chi connectivity index (χ2n) is 3.69. The van der Waals surface area contributed by atoms with Gasteiger partial charge in [0.15, 0.2) is 0 Å². The molecule has 16 heavy (non-hydrogen) atoms. The van der Waals surface area contributed by atoms with Gasteiger partial charge in [-0.15, -0.1) is 0 Å². The highest BCUT2D eigenvalue weighted by molar-refractivity contribution is 6.18. The van der Waals surface area contributed by atoms with Crippen LogP contribution in [0.4, 0.5) is 34.1 Å². The summed E-state index contributed by atoms with van der Waals surface area (Å²) in [4.78, 5) is 0. The van der Waals surface area contributed by atoms with Crippen LogP contribution in [0.15, 0.2) is 12.1 Å². The normalized spacial score (nSPS) is 10.8. The van der Waals surface area contributed by atoms with Crippen molar-refractivity contribution in [1.29, 1.82) is 0 Å². The molecule has 0 aliphatic carbocycles. The monoisotopic (exact) mass is 218 g/mol. The van der Waals surface area contributed by atoms with E-state index in [4.69, 9.17) is 34.4 Å². The molecule has 0 saturated heterocycles. The number of hydrogen-bond donors (Lipinski definition) is 6. The van der Waals surface area contributed by atoms with E-state index in [0.29, 0.717) is 44.9 Å². The Labute approximate surface area is 92.2 Å². The summed E-state index contributed by atoms with van der Waals surface area (Å²) in [5.41, 5.74) is 37.1. The molecule has 12 N–H and O–H groups in total. The van der Waals surface area contributed by atoms with Gasteiger partial charge >= 0.3 is 0 Å². The fourth-order valence-corrected chi connectivity index (χ4v) is 1.79. The van der Waals surface area contributed by atoms with Crippen molar-refractivity contribution in [2.24, 2.45) is 0 Å². The third-order valence-corrected chi connectivity index (χ3v) is 2.61. The molecule has 6 heteroatoms.